The summed E-state index contributed by atoms with van der Waals surface area (Å²) in [7, 11) is 5.16. The van der Waals surface area contributed by atoms with Crippen LogP contribution in [0.5, 0.6) is 5.75 Å². The van der Waals surface area contributed by atoms with Crippen LogP contribution in [-0.4, -0.2) is 43.7 Å². The van der Waals surface area contributed by atoms with Gasteiger partial charge in [-0.2, -0.15) is 0 Å². The summed E-state index contributed by atoms with van der Waals surface area (Å²) in [5.74, 6) is 0.287. The second-order valence-electron chi connectivity index (χ2n) is 8.56. The summed E-state index contributed by atoms with van der Waals surface area (Å²) in [5.41, 5.74) is 0.199. The number of carbonyl (C=O) groups excluding carboxylic acids is 2. The van der Waals surface area contributed by atoms with Crippen molar-refractivity contribution >= 4 is 17.6 Å². The molecule has 2 bridgehead atoms. The van der Waals surface area contributed by atoms with Gasteiger partial charge in [0.1, 0.15) is 5.75 Å². The average Bonchev–Trinajstić information content (AvgIpc) is 2.95. The Labute approximate surface area is 160 Å². The number of benzene rings is 1. The molecule has 27 heavy (non-hydrogen) atoms. The Balaban J connectivity index is 1.85. The number of ether oxygens (including phenoxy) is 1. The van der Waals surface area contributed by atoms with E-state index >= 15 is 0 Å². The van der Waals surface area contributed by atoms with Crippen LogP contribution < -0.4 is 4.74 Å². The van der Waals surface area contributed by atoms with Crippen LogP contribution in [0, 0.1) is 16.2 Å². The first-order chi connectivity index (χ1) is 12.6. The van der Waals surface area contributed by atoms with Crippen LogP contribution in [0.1, 0.15) is 50.4 Å². The van der Waals surface area contributed by atoms with Gasteiger partial charge in [-0.1, -0.05) is 25.9 Å². The van der Waals surface area contributed by atoms with Gasteiger partial charge in [-0.25, -0.2) is 4.79 Å². The van der Waals surface area contributed by atoms with Gasteiger partial charge in [0.05, 0.1) is 23.8 Å². The van der Waals surface area contributed by atoms with Gasteiger partial charge in [0.25, 0.3) is 0 Å². The highest BCUT2D eigenvalue weighted by atomic mass is 16.7. The average molecular weight is 372 g/mol. The molecule has 1 aromatic carbocycles. The fourth-order valence-corrected chi connectivity index (χ4v) is 4.80. The van der Waals surface area contributed by atoms with Crippen molar-refractivity contribution in [2.24, 2.45) is 21.4 Å². The van der Waals surface area contributed by atoms with Crippen LogP contribution in [0.2, 0.25) is 0 Å². The van der Waals surface area contributed by atoms with Gasteiger partial charge in [0.15, 0.2) is 0 Å². The lowest BCUT2D eigenvalue weighted by atomic mass is 9.64. The van der Waals surface area contributed by atoms with Crippen molar-refractivity contribution < 1.29 is 19.2 Å². The molecule has 2 aliphatic rings. The SMILES string of the molecule is COc1ccc(C(=O)ON=C2CC3(C(=O)N(C)C)CCC2(C)C3(C)C)cc1. The third kappa shape index (κ3) is 2.65. The quantitative estimate of drug-likeness (QED) is 0.599. The highest BCUT2D eigenvalue weighted by molar-refractivity contribution is 6.02. The minimum atomic E-state index is -0.512. The number of carbonyl (C=O) groups is 2. The maximum atomic E-state index is 13.0. The Morgan fingerprint density at radius 1 is 1.07 bits per heavy atom. The van der Waals surface area contributed by atoms with E-state index in [1.54, 1.807) is 50.4 Å². The number of hydrogen-bond donors (Lipinski definition) is 0. The number of methoxy groups -OCH3 is 1. The van der Waals surface area contributed by atoms with Crippen molar-refractivity contribution in [1.82, 2.24) is 4.90 Å². The molecule has 0 N–H and O–H groups in total. The lowest BCUT2D eigenvalue weighted by Crippen LogP contribution is -2.46. The first-order valence-corrected chi connectivity index (χ1v) is 9.23. The zero-order chi connectivity index (χ0) is 20.0. The van der Waals surface area contributed by atoms with Gasteiger partial charge >= 0.3 is 5.97 Å². The molecule has 6 heteroatoms. The van der Waals surface area contributed by atoms with Crippen molar-refractivity contribution in [3.63, 3.8) is 0 Å². The Kier molecular flexibility index (Phi) is 4.57. The van der Waals surface area contributed by atoms with Crippen LogP contribution in [0.15, 0.2) is 29.4 Å². The first-order valence-electron chi connectivity index (χ1n) is 9.23. The van der Waals surface area contributed by atoms with E-state index in [4.69, 9.17) is 9.57 Å². The summed E-state index contributed by atoms with van der Waals surface area (Å²) < 4.78 is 5.10. The summed E-state index contributed by atoms with van der Waals surface area (Å²) in [6.07, 6.45) is 2.22. The second-order valence-corrected chi connectivity index (χ2v) is 8.56. The van der Waals surface area contributed by atoms with Crippen LogP contribution in [0.4, 0.5) is 0 Å². The number of fused-ring (bicyclic) bond motifs is 2. The smallest absolute Gasteiger partial charge is 0.365 e. The van der Waals surface area contributed by atoms with Gasteiger partial charge < -0.3 is 14.5 Å². The van der Waals surface area contributed by atoms with E-state index in [0.717, 1.165) is 18.6 Å². The van der Waals surface area contributed by atoms with Gasteiger partial charge in [-0.15, -0.1) is 0 Å². The molecule has 0 spiro atoms. The normalized spacial score (nSPS) is 29.6. The Morgan fingerprint density at radius 3 is 2.26 bits per heavy atom. The predicted molar refractivity (Wildman–Crippen MR) is 103 cm³/mol. The molecule has 146 valence electrons. The number of hydrogen-bond acceptors (Lipinski definition) is 5. The number of nitrogens with zero attached hydrogens (tertiary/aromatic N) is 2. The van der Waals surface area contributed by atoms with E-state index in [1.165, 1.54) is 0 Å². The van der Waals surface area contributed by atoms with Crippen molar-refractivity contribution in [1.29, 1.82) is 0 Å². The summed E-state index contributed by atoms with van der Waals surface area (Å²) >= 11 is 0. The van der Waals surface area contributed by atoms with E-state index in [0.29, 0.717) is 17.7 Å². The Morgan fingerprint density at radius 2 is 1.70 bits per heavy atom. The summed E-state index contributed by atoms with van der Waals surface area (Å²) in [6, 6.07) is 6.70. The van der Waals surface area contributed by atoms with E-state index in [9.17, 15) is 9.59 Å². The molecule has 0 heterocycles. The van der Waals surface area contributed by atoms with Gasteiger partial charge in [-0.3, -0.25) is 4.79 Å². The van der Waals surface area contributed by atoms with Crippen LogP contribution in [0.25, 0.3) is 0 Å². The molecule has 2 fully saturated rings. The summed E-state index contributed by atoms with van der Waals surface area (Å²) in [4.78, 5) is 32.3. The number of rotatable bonds is 4. The molecule has 0 aliphatic heterocycles. The largest absolute Gasteiger partial charge is 0.497 e. The molecule has 0 saturated heterocycles. The van der Waals surface area contributed by atoms with E-state index in [2.05, 4.69) is 25.9 Å². The molecule has 3 rings (SSSR count). The minimum absolute atomic E-state index is 0.128. The van der Waals surface area contributed by atoms with Gasteiger partial charge in [0.2, 0.25) is 5.91 Å². The Hall–Kier alpha value is -2.37. The van der Waals surface area contributed by atoms with Crippen molar-refractivity contribution in [2.75, 3.05) is 21.2 Å². The maximum absolute atomic E-state index is 13.0. The van der Waals surface area contributed by atoms with Crippen LogP contribution in [-0.2, 0) is 9.63 Å². The van der Waals surface area contributed by atoms with Crippen molar-refractivity contribution in [3.05, 3.63) is 29.8 Å². The lowest BCUT2D eigenvalue weighted by molar-refractivity contribution is -0.144. The number of amides is 1. The van der Waals surface area contributed by atoms with Gasteiger partial charge in [0, 0.05) is 25.9 Å². The Bertz CT molecular complexity index is 797. The third-order valence-corrected chi connectivity index (χ3v) is 7.11. The molecule has 2 atom stereocenters. The van der Waals surface area contributed by atoms with Crippen molar-refractivity contribution in [3.8, 4) is 5.75 Å². The fourth-order valence-electron chi connectivity index (χ4n) is 4.80. The molecular weight excluding hydrogens is 344 g/mol. The number of oxime groups is 1. The van der Waals surface area contributed by atoms with E-state index in [1.807, 2.05) is 0 Å². The molecule has 1 aromatic rings. The fraction of sp³-hybridized carbons (Fsp3) is 0.571. The first kappa shape index (κ1) is 19.4. The predicted octanol–water partition coefficient (Wildman–Crippen LogP) is 3.51. The zero-order valence-corrected chi connectivity index (χ0v) is 17.0. The highest BCUT2D eigenvalue weighted by Gasteiger charge is 2.72. The second kappa shape index (κ2) is 6.36. The molecule has 2 unspecified atom stereocenters. The maximum Gasteiger partial charge on any atom is 0.365 e. The molecule has 2 aliphatic carbocycles. The topological polar surface area (TPSA) is 68.2 Å². The summed E-state index contributed by atoms with van der Waals surface area (Å²) in [6.45, 7) is 6.40. The minimum Gasteiger partial charge on any atom is -0.497 e. The summed E-state index contributed by atoms with van der Waals surface area (Å²) in [5, 5.41) is 4.24. The van der Waals surface area contributed by atoms with E-state index < -0.39 is 11.4 Å². The van der Waals surface area contributed by atoms with Crippen molar-refractivity contribution in [2.45, 2.75) is 40.0 Å². The standard InChI is InChI=1S/C21H28N2O4/c1-19(2)20(3)11-12-21(19,18(25)23(4)5)13-16(20)22-27-17(24)14-7-9-15(26-6)10-8-14/h7-10H,11-13H2,1-6H3. The van der Waals surface area contributed by atoms with Gasteiger partial charge in [-0.05, 0) is 42.5 Å². The lowest BCUT2D eigenvalue weighted by Gasteiger charge is -2.40. The molecule has 2 saturated carbocycles. The molecule has 0 radical (unpaired) electrons. The molecule has 1 amide bonds. The molecular formula is C21H28N2O4. The monoisotopic (exact) mass is 372 g/mol. The van der Waals surface area contributed by atoms with Crippen LogP contribution in [0.3, 0.4) is 0 Å². The highest BCUT2D eigenvalue weighted by Crippen LogP contribution is 2.71. The third-order valence-electron chi connectivity index (χ3n) is 7.11. The molecule has 0 aromatic heterocycles. The van der Waals surface area contributed by atoms with Crippen LogP contribution >= 0.6 is 0 Å². The zero-order valence-electron chi connectivity index (χ0n) is 17.0. The molecule has 6 nitrogen and oxygen atoms in total. The van der Waals surface area contributed by atoms with E-state index in [-0.39, 0.29) is 16.7 Å².